The molecule has 2 aromatic rings. The third kappa shape index (κ3) is 3.85. The number of hydrogen-bond donors (Lipinski definition) is 2. The standard InChI is InChI=1S/C20H24N4O2/c1-13-8-9-17(15-6-4-3-5-7-15)24(12-13)20(26)19(25)23-16-10-14(2)18(21)22-11-16/h3-7,10-11,13,17H,8-9,12H2,1-2H3,(H2,21,22)(H,23,25)/t13-,17?/m0/s1. The van der Waals surface area contributed by atoms with Gasteiger partial charge in [0.05, 0.1) is 17.9 Å². The van der Waals surface area contributed by atoms with Crippen LogP contribution in [0.3, 0.4) is 0 Å². The van der Waals surface area contributed by atoms with E-state index in [4.69, 9.17) is 5.73 Å². The van der Waals surface area contributed by atoms with Gasteiger partial charge in [0.1, 0.15) is 5.82 Å². The van der Waals surface area contributed by atoms with Crippen LogP contribution in [0, 0.1) is 12.8 Å². The molecule has 6 heteroatoms. The Morgan fingerprint density at radius 3 is 2.65 bits per heavy atom. The van der Waals surface area contributed by atoms with Gasteiger partial charge in [0, 0.05) is 6.54 Å². The quantitative estimate of drug-likeness (QED) is 0.814. The van der Waals surface area contributed by atoms with Gasteiger partial charge in [-0.15, -0.1) is 0 Å². The van der Waals surface area contributed by atoms with Gasteiger partial charge in [0.2, 0.25) is 0 Å². The lowest BCUT2D eigenvalue weighted by molar-refractivity contribution is -0.146. The lowest BCUT2D eigenvalue weighted by atomic mass is 9.90. The number of nitrogens with two attached hydrogens (primary N) is 1. The number of nitrogens with zero attached hydrogens (tertiary/aromatic N) is 2. The van der Waals surface area contributed by atoms with Gasteiger partial charge in [-0.3, -0.25) is 9.59 Å². The Kier molecular flexibility index (Phi) is 5.21. The van der Waals surface area contributed by atoms with Crippen LogP contribution in [0.1, 0.15) is 36.9 Å². The summed E-state index contributed by atoms with van der Waals surface area (Å²) in [5.74, 6) is -0.388. The molecule has 1 aromatic carbocycles. The van der Waals surface area contributed by atoms with E-state index in [2.05, 4.69) is 17.2 Å². The number of piperidine rings is 1. The molecule has 0 radical (unpaired) electrons. The minimum absolute atomic E-state index is 0.0723. The molecule has 2 amide bonds. The molecule has 0 aliphatic carbocycles. The number of aromatic nitrogens is 1. The molecule has 6 nitrogen and oxygen atoms in total. The minimum atomic E-state index is -0.647. The van der Waals surface area contributed by atoms with Crippen LogP contribution in [0.4, 0.5) is 11.5 Å². The molecule has 3 rings (SSSR count). The van der Waals surface area contributed by atoms with Crippen molar-refractivity contribution >= 4 is 23.3 Å². The van der Waals surface area contributed by atoms with Gasteiger partial charge in [-0.05, 0) is 42.9 Å². The maximum Gasteiger partial charge on any atom is 0.313 e. The first-order chi connectivity index (χ1) is 12.5. The Hall–Kier alpha value is -2.89. The van der Waals surface area contributed by atoms with Crippen LogP contribution in [-0.4, -0.2) is 28.2 Å². The highest BCUT2D eigenvalue weighted by atomic mass is 16.2. The second-order valence-corrected chi connectivity index (χ2v) is 6.95. The Bertz CT molecular complexity index is 807. The Morgan fingerprint density at radius 2 is 1.96 bits per heavy atom. The third-order valence-electron chi connectivity index (χ3n) is 4.83. The van der Waals surface area contributed by atoms with Crippen LogP contribution >= 0.6 is 0 Å². The normalized spacial score (nSPS) is 19.8. The highest BCUT2D eigenvalue weighted by Crippen LogP contribution is 2.33. The predicted molar refractivity (Wildman–Crippen MR) is 101 cm³/mol. The fourth-order valence-electron chi connectivity index (χ4n) is 3.37. The van der Waals surface area contributed by atoms with Crippen molar-refractivity contribution in [2.24, 2.45) is 5.92 Å². The van der Waals surface area contributed by atoms with E-state index < -0.39 is 11.8 Å². The molecule has 1 aliphatic rings. The van der Waals surface area contributed by atoms with E-state index in [0.717, 1.165) is 24.0 Å². The topological polar surface area (TPSA) is 88.3 Å². The Balaban J connectivity index is 1.78. The van der Waals surface area contributed by atoms with Crippen molar-refractivity contribution in [1.29, 1.82) is 0 Å². The number of pyridine rings is 1. The largest absolute Gasteiger partial charge is 0.383 e. The fourth-order valence-corrected chi connectivity index (χ4v) is 3.37. The van der Waals surface area contributed by atoms with Crippen molar-refractivity contribution in [2.45, 2.75) is 32.7 Å². The van der Waals surface area contributed by atoms with E-state index in [1.807, 2.05) is 30.3 Å². The number of rotatable bonds is 2. The number of benzene rings is 1. The van der Waals surface area contributed by atoms with Crippen LogP contribution in [0.2, 0.25) is 0 Å². The minimum Gasteiger partial charge on any atom is -0.383 e. The van der Waals surface area contributed by atoms with Crippen LogP contribution in [0.5, 0.6) is 0 Å². The van der Waals surface area contributed by atoms with Crippen LogP contribution < -0.4 is 11.1 Å². The van der Waals surface area contributed by atoms with Crippen molar-refractivity contribution < 1.29 is 9.59 Å². The Labute approximate surface area is 153 Å². The van der Waals surface area contributed by atoms with Gasteiger partial charge >= 0.3 is 11.8 Å². The number of aryl methyl sites for hydroxylation is 1. The molecular weight excluding hydrogens is 328 g/mol. The summed E-state index contributed by atoms with van der Waals surface area (Å²) in [4.78, 5) is 31.1. The SMILES string of the molecule is Cc1cc(NC(=O)C(=O)N2C[C@@H](C)CCC2c2ccccc2)cnc1N. The smallest absolute Gasteiger partial charge is 0.313 e. The zero-order valence-corrected chi connectivity index (χ0v) is 15.1. The van der Waals surface area contributed by atoms with E-state index in [0.29, 0.717) is 24.0 Å². The van der Waals surface area contributed by atoms with Crippen molar-refractivity contribution in [1.82, 2.24) is 9.88 Å². The molecule has 0 bridgehead atoms. The molecule has 136 valence electrons. The van der Waals surface area contributed by atoms with Crippen LogP contribution in [0.15, 0.2) is 42.6 Å². The van der Waals surface area contributed by atoms with E-state index >= 15 is 0 Å². The van der Waals surface area contributed by atoms with E-state index in [9.17, 15) is 9.59 Å². The molecular formula is C20H24N4O2. The summed E-state index contributed by atoms with van der Waals surface area (Å²) in [6, 6.07) is 11.5. The average Bonchev–Trinajstić information content (AvgIpc) is 2.64. The van der Waals surface area contributed by atoms with Crippen molar-refractivity contribution in [3.8, 4) is 0 Å². The summed E-state index contributed by atoms with van der Waals surface area (Å²) in [6.07, 6.45) is 3.35. The van der Waals surface area contributed by atoms with E-state index in [1.165, 1.54) is 6.20 Å². The summed E-state index contributed by atoms with van der Waals surface area (Å²) in [5.41, 5.74) is 7.98. The summed E-state index contributed by atoms with van der Waals surface area (Å²) >= 11 is 0. The van der Waals surface area contributed by atoms with Crippen molar-refractivity contribution in [3.05, 3.63) is 53.7 Å². The number of likely N-dealkylation sites (tertiary alicyclic amines) is 1. The van der Waals surface area contributed by atoms with E-state index in [-0.39, 0.29) is 6.04 Å². The first-order valence-electron chi connectivity index (χ1n) is 8.84. The van der Waals surface area contributed by atoms with Gasteiger partial charge < -0.3 is 16.0 Å². The first kappa shape index (κ1) is 17.9. The second-order valence-electron chi connectivity index (χ2n) is 6.95. The molecule has 0 spiro atoms. The number of nitrogens with one attached hydrogen (secondary N) is 1. The van der Waals surface area contributed by atoms with Gasteiger partial charge in [0.25, 0.3) is 0 Å². The molecule has 0 saturated carbocycles. The molecule has 1 saturated heterocycles. The lowest BCUT2D eigenvalue weighted by Gasteiger charge is -2.38. The molecule has 3 N–H and O–H groups in total. The highest BCUT2D eigenvalue weighted by molar-refractivity contribution is 6.39. The molecule has 2 atom stereocenters. The number of carbonyl (C=O) groups excluding carboxylic acids is 2. The maximum atomic E-state index is 12.9. The monoisotopic (exact) mass is 352 g/mol. The summed E-state index contributed by atoms with van der Waals surface area (Å²) in [7, 11) is 0. The maximum absolute atomic E-state index is 12.9. The first-order valence-corrected chi connectivity index (χ1v) is 8.84. The zero-order chi connectivity index (χ0) is 18.7. The average molecular weight is 352 g/mol. The fraction of sp³-hybridized carbons (Fsp3) is 0.350. The molecule has 26 heavy (non-hydrogen) atoms. The van der Waals surface area contributed by atoms with Crippen LogP contribution in [0.25, 0.3) is 0 Å². The zero-order valence-electron chi connectivity index (χ0n) is 15.1. The summed E-state index contributed by atoms with van der Waals surface area (Å²) < 4.78 is 0. The van der Waals surface area contributed by atoms with Crippen molar-refractivity contribution in [2.75, 3.05) is 17.6 Å². The third-order valence-corrected chi connectivity index (χ3v) is 4.83. The van der Waals surface area contributed by atoms with Gasteiger partial charge in [-0.25, -0.2) is 4.98 Å². The number of carbonyl (C=O) groups is 2. The van der Waals surface area contributed by atoms with Gasteiger partial charge in [-0.1, -0.05) is 37.3 Å². The highest BCUT2D eigenvalue weighted by Gasteiger charge is 2.34. The van der Waals surface area contributed by atoms with Crippen LogP contribution in [-0.2, 0) is 9.59 Å². The molecule has 1 aromatic heterocycles. The van der Waals surface area contributed by atoms with Crippen molar-refractivity contribution in [3.63, 3.8) is 0 Å². The number of nitrogen functional groups attached to an aromatic ring is 1. The molecule has 1 unspecified atom stereocenters. The number of anilines is 2. The predicted octanol–water partition coefficient (Wildman–Crippen LogP) is 2.91. The number of amides is 2. The second kappa shape index (κ2) is 7.56. The van der Waals surface area contributed by atoms with E-state index in [1.54, 1.807) is 17.9 Å². The molecule has 1 fully saturated rings. The lowest BCUT2D eigenvalue weighted by Crippen LogP contribution is -2.46. The summed E-state index contributed by atoms with van der Waals surface area (Å²) in [5, 5.41) is 2.65. The molecule has 1 aliphatic heterocycles. The van der Waals surface area contributed by atoms with Gasteiger partial charge in [0.15, 0.2) is 0 Å². The summed E-state index contributed by atoms with van der Waals surface area (Å²) in [6.45, 7) is 4.48. The van der Waals surface area contributed by atoms with Gasteiger partial charge in [-0.2, -0.15) is 0 Å². The molecule has 2 heterocycles. The number of hydrogen-bond acceptors (Lipinski definition) is 4. The Morgan fingerprint density at radius 1 is 1.23 bits per heavy atom.